The van der Waals surface area contributed by atoms with Gasteiger partial charge in [-0.3, -0.25) is 4.40 Å². The monoisotopic (exact) mass is 404 g/mol. The minimum Gasteiger partial charge on any atom is -0.598 e. The normalized spacial score (nSPS) is 22.9. The first-order valence-electron chi connectivity index (χ1n) is 7.91. The summed E-state index contributed by atoms with van der Waals surface area (Å²) >= 11 is 5.20. The number of fused-ring (bicyclic) bond motifs is 1. The first kappa shape index (κ1) is 18.8. The van der Waals surface area contributed by atoms with Crippen LogP contribution in [-0.4, -0.2) is 52.7 Å². The lowest BCUT2D eigenvalue weighted by molar-refractivity contribution is 0.565. The SMILES string of the molecule is CC1CN(c2c([C@H](C)N[S+](C)[O-])cc(Cl)c3cncn23)CCS1(=O)=O. The molecule has 10 heteroatoms. The molecule has 0 bridgehead atoms. The van der Waals surface area contributed by atoms with Crippen LogP contribution in [0.3, 0.4) is 0 Å². The Morgan fingerprint density at radius 1 is 1.52 bits per heavy atom. The van der Waals surface area contributed by atoms with Gasteiger partial charge in [0, 0.05) is 30.0 Å². The average molecular weight is 405 g/mol. The van der Waals surface area contributed by atoms with E-state index in [0.717, 1.165) is 16.9 Å². The molecule has 0 aliphatic carbocycles. The van der Waals surface area contributed by atoms with Crippen molar-refractivity contribution in [3.63, 3.8) is 0 Å². The number of anilines is 1. The molecule has 0 amide bonds. The van der Waals surface area contributed by atoms with E-state index in [1.807, 2.05) is 22.3 Å². The summed E-state index contributed by atoms with van der Waals surface area (Å²) in [6, 6.07) is 1.62. The van der Waals surface area contributed by atoms with Crippen LogP contribution in [0.5, 0.6) is 0 Å². The zero-order valence-corrected chi connectivity index (χ0v) is 16.7. The Labute approximate surface area is 155 Å². The minimum atomic E-state index is -3.06. The molecule has 25 heavy (non-hydrogen) atoms. The van der Waals surface area contributed by atoms with E-state index in [1.54, 1.807) is 25.7 Å². The molecule has 3 heterocycles. The number of nitrogens with zero attached hydrogens (tertiary/aromatic N) is 3. The quantitative estimate of drug-likeness (QED) is 0.777. The number of sulfone groups is 1. The van der Waals surface area contributed by atoms with Gasteiger partial charge in [0.2, 0.25) is 0 Å². The fourth-order valence-electron chi connectivity index (χ4n) is 3.17. The summed E-state index contributed by atoms with van der Waals surface area (Å²) in [6.45, 7) is 4.43. The lowest BCUT2D eigenvalue weighted by Crippen LogP contribution is -2.46. The highest BCUT2D eigenvalue weighted by atomic mass is 35.5. The molecule has 0 radical (unpaired) electrons. The van der Waals surface area contributed by atoms with Crippen LogP contribution < -0.4 is 9.62 Å². The van der Waals surface area contributed by atoms with E-state index in [9.17, 15) is 13.0 Å². The molecule has 2 unspecified atom stereocenters. The van der Waals surface area contributed by atoms with Gasteiger partial charge in [-0.15, -0.1) is 4.72 Å². The highest BCUT2D eigenvalue weighted by Gasteiger charge is 2.32. The highest BCUT2D eigenvalue weighted by molar-refractivity contribution is 7.92. The lowest BCUT2D eigenvalue weighted by atomic mass is 10.1. The van der Waals surface area contributed by atoms with Gasteiger partial charge >= 0.3 is 0 Å². The van der Waals surface area contributed by atoms with Gasteiger partial charge < -0.3 is 9.45 Å². The summed E-state index contributed by atoms with van der Waals surface area (Å²) in [4.78, 5) is 6.22. The molecule has 2 aromatic rings. The van der Waals surface area contributed by atoms with Gasteiger partial charge in [-0.25, -0.2) is 13.4 Å². The van der Waals surface area contributed by atoms with E-state index in [1.165, 1.54) is 0 Å². The Hall–Kier alpha value is -1.00. The minimum absolute atomic E-state index is 0.105. The molecule has 0 aromatic carbocycles. The number of pyridine rings is 1. The molecule has 7 nitrogen and oxygen atoms in total. The maximum atomic E-state index is 12.1. The predicted octanol–water partition coefficient (Wildman–Crippen LogP) is 1.56. The van der Waals surface area contributed by atoms with Crippen molar-refractivity contribution in [2.75, 3.05) is 30.0 Å². The van der Waals surface area contributed by atoms with Crippen LogP contribution in [0.25, 0.3) is 5.52 Å². The number of imidazole rings is 1. The van der Waals surface area contributed by atoms with Crippen molar-refractivity contribution < 1.29 is 13.0 Å². The smallest absolute Gasteiger partial charge is 0.156 e. The van der Waals surface area contributed by atoms with Gasteiger partial charge in [-0.2, -0.15) is 0 Å². The lowest BCUT2D eigenvalue weighted by Gasteiger charge is -2.35. The Balaban J connectivity index is 2.11. The summed E-state index contributed by atoms with van der Waals surface area (Å²) in [6.07, 6.45) is 4.92. The zero-order valence-electron chi connectivity index (χ0n) is 14.3. The van der Waals surface area contributed by atoms with Crippen LogP contribution in [0.2, 0.25) is 5.02 Å². The maximum absolute atomic E-state index is 12.1. The van der Waals surface area contributed by atoms with E-state index in [-0.39, 0.29) is 11.8 Å². The summed E-state index contributed by atoms with van der Waals surface area (Å²) in [5.74, 6) is 0.942. The van der Waals surface area contributed by atoms with Gasteiger partial charge in [0.25, 0.3) is 0 Å². The molecule has 1 saturated heterocycles. The number of hydrogen-bond acceptors (Lipinski definition) is 6. The molecule has 3 atom stereocenters. The van der Waals surface area contributed by atoms with Crippen LogP contribution in [0, 0.1) is 0 Å². The molecule has 1 fully saturated rings. The van der Waals surface area contributed by atoms with E-state index in [0.29, 0.717) is 18.1 Å². The fraction of sp³-hybridized carbons (Fsp3) is 0.533. The first-order chi connectivity index (χ1) is 11.7. The maximum Gasteiger partial charge on any atom is 0.156 e. The molecule has 138 valence electrons. The van der Waals surface area contributed by atoms with Gasteiger partial charge in [0.1, 0.15) is 18.4 Å². The van der Waals surface area contributed by atoms with Crippen molar-refractivity contribution in [3.05, 3.63) is 29.2 Å². The molecular weight excluding hydrogens is 384 g/mol. The Kier molecular flexibility index (Phi) is 5.23. The second kappa shape index (κ2) is 6.96. The van der Waals surface area contributed by atoms with Gasteiger partial charge in [0.05, 0.1) is 33.8 Å². The van der Waals surface area contributed by atoms with Crippen LogP contribution in [0.4, 0.5) is 5.82 Å². The van der Waals surface area contributed by atoms with E-state index in [4.69, 9.17) is 11.6 Å². The van der Waals surface area contributed by atoms with Crippen molar-refractivity contribution in [2.24, 2.45) is 0 Å². The molecule has 3 rings (SSSR count). The zero-order chi connectivity index (χ0) is 18.4. The standard InChI is InChI=1S/C15H21ClN4O3S2/c1-10-8-19(4-5-25(10,22)23)15-12(11(2)18-24(3)21)6-13(16)14-7-17-9-20(14)15/h6-7,9-11,18H,4-5,8H2,1-3H3/t10?,11-,24?/m0/s1. The van der Waals surface area contributed by atoms with Crippen molar-refractivity contribution in [2.45, 2.75) is 25.1 Å². The third kappa shape index (κ3) is 3.61. The molecule has 1 aliphatic rings. The van der Waals surface area contributed by atoms with Crippen LogP contribution in [-0.2, 0) is 21.2 Å². The summed E-state index contributed by atoms with van der Waals surface area (Å²) in [7, 11) is -3.06. The second-order valence-corrected chi connectivity index (χ2v) is 10.4. The van der Waals surface area contributed by atoms with Gasteiger partial charge in [-0.1, -0.05) is 11.6 Å². The van der Waals surface area contributed by atoms with Gasteiger partial charge in [-0.05, 0) is 19.9 Å². The fourth-order valence-corrected chi connectivity index (χ4v) is 5.33. The molecule has 2 aromatic heterocycles. The summed E-state index contributed by atoms with van der Waals surface area (Å²) < 4.78 is 40.6. The van der Waals surface area contributed by atoms with Crippen molar-refractivity contribution in [1.82, 2.24) is 14.1 Å². The van der Waals surface area contributed by atoms with Crippen molar-refractivity contribution >= 4 is 44.1 Å². The molecule has 1 N–H and O–H groups in total. The number of aromatic nitrogens is 2. The molecule has 1 aliphatic heterocycles. The number of nitrogens with one attached hydrogen (secondary N) is 1. The molecular formula is C15H21ClN4O3S2. The van der Waals surface area contributed by atoms with Crippen molar-refractivity contribution in [1.29, 1.82) is 0 Å². The third-order valence-corrected chi connectivity index (χ3v) is 7.61. The third-order valence-electron chi connectivity index (χ3n) is 4.50. The predicted molar refractivity (Wildman–Crippen MR) is 101 cm³/mol. The molecule has 0 spiro atoms. The summed E-state index contributed by atoms with van der Waals surface area (Å²) in [5, 5.41) is 0.0939. The topological polar surface area (TPSA) is 89.8 Å². The highest BCUT2D eigenvalue weighted by Crippen LogP contribution is 2.34. The van der Waals surface area contributed by atoms with Crippen molar-refractivity contribution in [3.8, 4) is 0 Å². The van der Waals surface area contributed by atoms with Crippen LogP contribution >= 0.6 is 11.6 Å². The summed E-state index contributed by atoms with van der Waals surface area (Å²) in [5.41, 5.74) is 1.61. The number of rotatable bonds is 4. The largest absolute Gasteiger partial charge is 0.598 e. The Morgan fingerprint density at radius 3 is 2.88 bits per heavy atom. The second-order valence-electron chi connectivity index (χ2n) is 6.34. The van der Waals surface area contributed by atoms with E-state index in [2.05, 4.69) is 9.71 Å². The number of hydrogen-bond donors (Lipinski definition) is 1. The molecule has 0 saturated carbocycles. The van der Waals surface area contributed by atoms with Gasteiger partial charge in [0.15, 0.2) is 9.84 Å². The average Bonchev–Trinajstić information content (AvgIpc) is 2.99. The van der Waals surface area contributed by atoms with E-state index >= 15 is 0 Å². The first-order valence-corrected chi connectivity index (χ1v) is 11.6. The number of halogens is 1. The van der Waals surface area contributed by atoms with Crippen LogP contribution in [0.1, 0.15) is 25.5 Å². The van der Waals surface area contributed by atoms with Crippen LogP contribution in [0.15, 0.2) is 18.6 Å². The Morgan fingerprint density at radius 2 is 2.24 bits per heavy atom. The van der Waals surface area contributed by atoms with E-state index < -0.39 is 26.4 Å². The Bertz CT molecular complexity index is 884.